The molecule has 0 aliphatic carbocycles. The molecule has 0 saturated carbocycles. The van der Waals surface area contributed by atoms with Crippen molar-refractivity contribution in [1.29, 1.82) is 0 Å². The highest BCUT2D eigenvalue weighted by atomic mass is 35.5. The van der Waals surface area contributed by atoms with Crippen LogP contribution in [0, 0.1) is 5.82 Å². The molecule has 1 amide bonds. The summed E-state index contributed by atoms with van der Waals surface area (Å²) in [6, 6.07) is 11.3. The molecule has 1 fully saturated rings. The standard InChI is InChI=1S/C20H23ClFN3O3S/c1-13-12-24(14(2)16-5-8-18(21)19(22)11-16)9-10-25(13)20(26)15-3-6-17(7-4-15)23-29(27)28/h3-8,11,13-14,23H,9-10,12H2,1-2H3,(H,27,28). The average molecular weight is 440 g/mol. The number of hydrogen-bond acceptors (Lipinski definition) is 3. The average Bonchev–Trinajstić information content (AvgIpc) is 2.69. The second-order valence-electron chi connectivity index (χ2n) is 7.12. The van der Waals surface area contributed by atoms with Crippen molar-refractivity contribution in [3.63, 3.8) is 0 Å². The number of nitrogens with zero attached hydrogens (tertiary/aromatic N) is 2. The summed E-state index contributed by atoms with van der Waals surface area (Å²) in [7, 11) is 0. The molecule has 3 atom stereocenters. The number of carbonyl (C=O) groups excluding carboxylic acids is 1. The lowest BCUT2D eigenvalue weighted by molar-refractivity contribution is 0.0406. The molecule has 6 nitrogen and oxygen atoms in total. The minimum Gasteiger partial charge on any atom is -0.333 e. The number of carbonyl (C=O) groups is 1. The molecule has 0 spiro atoms. The fourth-order valence-corrected chi connectivity index (χ4v) is 4.03. The van der Waals surface area contributed by atoms with Crippen LogP contribution >= 0.6 is 11.6 Å². The highest BCUT2D eigenvalue weighted by Gasteiger charge is 2.30. The minimum absolute atomic E-state index is 0.00572. The molecule has 0 radical (unpaired) electrons. The molecule has 1 saturated heterocycles. The Morgan fingerprint density at radius 2 is 1.97 bits per heavy atom. The van der Waals surface area contributed by atoms with E-state index in [1.54, 1.807) is 30.3 Å². The van der Waals surface area contributed by atoms with Crippen LogP contribution < -0.4 is 4.72 Å². The predicted octanol–water partition coefficient (Wildman–Crippen LogP) is 3.94. The van der Waals surface area contributed by atoms with Crippen LogP contribution in [0.15, 0.2) is 42.5 Å². The lowest BCUT2D eigenvalue weighted by atomic mass is 10.0. The Bertz CT molecular complexity index is 912. The third kappa shape index (κ3) is 5.14. The molecule has 2 N–H and O–H groups in total. The van der Waals surface area contributed by atoms with Crippen LogP contribution in [-0.2, 0) is 11.3 Å². The maximum Gasteiger partial charge on any atom is 0.259 e. The maximum absolute atomic E-state index is 13.8. The summed E-state index contributed by atoms with van der Waals surface area (Å²) in [5, 5.41) is 0.108. The van der Waals surface area contributed by atoms with Crippen LogP contribution in [0.1, 0.15) is 35.8 Å². The van der Waals surface area contributed by atoms with E-state index in [1.807, 2.05) is 24.8 Å². The van der Waals surface area contributed by atoms with Gasteiger partial charge in [-0.1, -0.05) is 17.7 Å². The first-order valence-electron chi connectivity index (χ1n) is 9.24. The highest BCUT2D eigenvalue weighted by molar-refractivity contribution is 7.80. The predicted molar refractivity (Wildman–Crippen MR) is 113 cm³/mol. The highest BCUT2D eigenvalue weighted by Crippen LogP contribution is 2.27. The lowest BCUT2D eigenvalue weighted by Gasteiger charge is -2.42. The number of nitrogens with one attached hydrogen (secondary N) is 1. The van der Waals surface area contributed by atoms with Crippen molar-refractivity contribution in [3.8, 4) is 0 Å². The van der Waals surface area contributed by atoms with Crippen LogP contribution in [0.5, 0.6) is 0 Å². The zero-order chi connectivity index (χ0) is 21.1. The molecule has 0 bridgehead atoms. The monoisotopic (exact) mass is 439 g/mol. The Labute approximate surface area is 177 Å². The summed E-state index contributed by atoms with van der Waals surface area (Å²) >= 11 is 3.62. The maximum atomic E-state index is 13.8. The molecule has 3 rings (SSSR count). The first-order valence-corrected chi connectivity index (χ1v) is 10.7. The van der Waals surface area contributed by atoms with E-state index in [-0.39, 0.29) is 23.0 Å². The topological polar surface area (TPSA) is 72.9 Å². The Morgan fingerprint density at radius 1 is 1.28 bits per heavy atom. The minimum atomic E-state index is -2.15. The van der Waals surface area contributed by atoms with E-state index in [0.717, 1.165) is 5.56 Å². The fraction of sp³-hybridized carbons (Fsp3) is 0.350. The van der Waals surface area contributed by atoms with Crippen molar-refractivity contribution in [2.45, 2.75) is 25.9 Å². The van der Waals surface area contributed by atoms with Gasteiger partial charge in [-0.2, -0.15) is 0 Å². The van der Waals surface area contributed by atoms with Crippen LogP contribution in [0.25, 0.3) is 0 Å². The molecule has 1 heterocycles. The number of amides is 1. The largest absolute Gasteiger partial charge is 0.333 e. The van der Waals surface area contributed by atoms with Gasteiger partial charge in [-0.3, -0.25) is 19.0 Å². The molecule has 156 valence electrons. The summed E-state index contributed by atoms with van der Waals surface area (Å²) in [6.45, 7) is 5.90. The number of piperazine rings is 1. The normalized spacial score (nSPS) is 19.6. The smallest absolute Gasteiger partial charge is 0.259 e. The number of anilines is 1. The van der Waals surface area contributed by atoms with Crippen LogP contribution in [0.2, 0.25) is 5.02 Å². The van der Waals surface area contributed by atoms with Gasteiger partial charge in [0.15, 0.2) is 0 Å². The lowest BCUT2D eigenvalue weighted by Crippen LogP contribution is -2.54. The first kappa shape index (κ1) is 21.7. The Hall–Kier alpha value is -2.00. The van der Waals surface area contributed by atoms with Crippen LogP contribution in [-0.4, -0.2) is 50.1 Å². The molecule has 2 aromatic carbocycles. The zero-order valence-electron chi connectivity index (χ0n) is 16.1. The van der Waals surface area contributed by atoms with Gasteiger partial charge in [-0.15, -0.1) is 0 Å². The summed E-state index contributed by atoms with van der Waals surface area (Å²) in [5.74, 6) is -0.514. The fourth-order valence-electron chi connectivity index (χ4n) is 3.57. The van der Waals surface area contributed by atoms with Crippen molar-refractivity contribution < 1.29 is 17.9 Å². The van der Waals surface area contributed by atoms with Gasteiger partial charge in [0.25, 0.3) is 17.2 Å². The summed E-state index contributed by atoms with van der Waals surface area (Å²) in [5.41, 5.74) is 1.83. The molecule has 1 aliphatic rings. The number of halogens is 2. The first-order chi connectivity index (χ1) is 13.8. The van der Waals surface area contributed by atoms with Gasteiger partial charge in [-0.25, -0.2) is 8.60 Å². The number of hydrogen-bond donors (Lipinski definition) is 2. The summed E-state index contributed by atoms with van der Waals surface area (Å²) in [6.07, 6.45) is 0. The van der Waals surface area contributed by atoms with E-state index in [2.05, 4.69) is 9.62 Å². The quantitative estimate of drug-likeness (QED) is 0.692. The SMILES string of the molecule is CC(c1ccc(Cl)c(F)c1)N1CCN(C(=O)c2ccc(NS(=O)O)cc2)C(C)C1. The second-order valence-corrected chi connectivity index (χ2v) is 8.23. The second kappa shape index (κ2) is 9.21. The van der Waals surface area contributed by atoms with Crippen molar-refractivity contribution in [2.75, 3.05) is 24.4 Å². The summed E-state index contributed by atoms with van der Waals surface area (Å²) in [4.78, 5) is 16.9. The Morgan fingerprint density at radius 3 is 2.55 bits per heavy atom. The molecule has 0 aromatic heterocycles. The number of rotatable bonds is 5. The van der Waals surface area contributed by atoms with Crippen LogP contribution in [0.3, 0.4) is 0 Å². The number of benzene rings is 2. The van der Waals surface area contributed by atoms with E-state index in [4.69, 9.17) is 16.2 Å². The van der Waals surface area contributed by atoms with Gasteiger partial charge >= 0.3 is 0 Å². The molecule has 9 heteroatoms. The summed E-state index contributed by atoms with van der Waals surface area (Å²) < 4.78 is 35.8. The van der Waals surface area contributed by atoms with Crippen molar-refractivity contribution in [1.82, 2.24) is 9.80 Å². The van der Waals surface area contributed by atoms with E-state index in [9.17, 15) is 13.4 Å². The van der Waals surface area contributed by atoms with Crippen LogP contribution in [0.4, 0.5) is 10.1 Å². The van der Waals surface area contributed by atoms with E-state index < -0.39 is 17.1 Å². The van der Waals surface area contributed by atoms with Gasteiger partial charge < -0.3 is 4.90 Å². The van der Waals surface area contributed by atoms with Gasteiger partial charge in [0, 0.05) is 43.0 Å². The van der Waals surface area contributed by atoms with E-state index in [1.165, 1.54) is 6.07 Å². The molecule has 1 aliphatic heterocycles. The molecule has 2 aromatic rings. The molecule has 3 unspecified atom stereocenters. The van der Waals surface area contributed by atoms with Gasteiger partial charge in [0.1, 0.15) is 5.82 Å². The van der Waals surface area contributed by atoms with Gasteiger partial charge in [-0.05, 0) is 55.8 Å². The Kier molecular flexibility index (Phi) is 6.89. The van der Waals surface area contributed by atoms with E-state index >= 15 is 0 Å². The van der Waals surface area contributed by atoms with Crippen molar-refractivity contribution in [2.24, 2.45) is 0 Å². The molecular weight excluding hydrogens is 417 g/mol. The third-order valence-corrected chi connectivity index (χ3v) is 5.95. The third-order valence-electron chi connectivity index (χ3n) is 5.23. The van der Waals surface area contributed by atoms with Crippen molar-refractivity contribution in [3.05, 3.63) is 64.4 Å². The Balaban J connectivity index is 1.65. The molecule has 29 heavy (non-hydrogen) atoms. The van der Waals surface area contributed by atoms with E-state index in [0.29, 0.717) is 30.9 Å². The van der Waals surface area contributed by atoms with Gasteiger partial charge in [0.05, 0.1) is 5.02 Å². The zero-order valence-corrected chi connectivity index (χ0v) is 17.7. The van der Waals surface area contributed by atoms with Gasteiger partial charge in [0.2, 0.25) is 0 Å². The van der Waals surface area contributed by atoms with Crippen molar-refractivity contribution >= 4 is 34.5 Å². The molecular formula is C20H23ClFN3O3S.